The van der Waals surface area contributed by atoms with Crippen LogP contribution in [0.4, 0.5) is 10.1 Å². The molecule has 8 heteroatoms. The minimum absolute atomic E-state index is 0.00780. The summed E-state index contributed by atoms with van der Waals surface area (Å²) in [5, 5.41) is 6.23. The van der Waals surface area contributed by atoms with Crippen LogP contribution in [0, 0.1) is 5.82 Å². The normalized spacial score (nSPS) is 13.1. The van der Waals surface area contributed by atoms with Gasteiger partial charge in [0.2, 0.25) is 0 Å². The van der Waals surface area contributed by atoms with Gasteiger partial charge in [0.05, 0.1) is 13.1 Å². The second-order valence-corrected chi connectivity index (χ2v) is 9.02. The molecule has 2 aliphatic rings. The quantitative estimate of drug-likeness (QED) is 0.376. The first kappa shape index (κ1) is 33.1. The number of likely N-dealkylation sites (N-methyl/N-ethyl adjacent to an activating group) is 2. The summed E-state index contributed by atoms with van der Waals surface area (Å²) in [6.07, 6.45) is 2.08. The van der Waals surface area contributed by atoms with Gasteiger partial charge in [0.1, 0.15) is 17.9 Å². The number of ketones is 2. The molecule has 7 nitrogen and oxygen atoms in total. The van der Waals surface area contributed by atoms with Crippen molar-refractivity contribution in [2.24, 2.45) is 0 Å². The molecule has 4 rings (SSSR count). The number of aryl methyl sites for hydroxylation is 1. The van der Waals surface area contributed by atoms with Crippen molar-refractivity contribution < 1.29 is 18.8 Å². The number of rotatable bonds is 9. The Kier molecular flexibility index (Phi) is 16.0. The van der Waals surface area contributed by atoms with Crippen LogP contribution in [0.15, 0.2) is 36.4 Å². The summed E-state index contributed by atoms with van der Waals surface area (Å²) >= 11 is 0. The fraction of sp³-hybridized carbons (Fsp3) is 0.500. The molecule has 1 aliphatic carbocycles. The molecule has 0 fully saturated rings. The number of anilines is 1. The summed E-state index contributed by atoms with van der Waals surface area (Å²) in [7, 11) is 3.96. The number of benzene rings is 2. The van der Waals surface area contributed by atoms with Crippen molar-refractivity contribution >= 4 is 23.5 Å². The number of fused-ring (bicyclic) bond motifs is 2. The minimum Gasteiger partial charge on any atom is -0.357 e. The van der Waals surface area contributed by atoms with Crippen molar-refractivity contribution in [2.45, 2.75) is 53.6 Å². The number of nitrogens with one attached hydrogen (secondary N) is 2. The van der Waals surface area contributed by atoms with Crippen LogP contribution in [-0.4, -0.2) is 69.6 Å². The number of hydrogen-bond acceptors (Lipinski definition) is 7. The van der Waals surface area contributed by atoms with Gasteiger partial charge in [0.15, 0.2) is 5.78 Å². The third kappa shape index (κ3) is 10.8. The standard InChI is InChI=1S/C14H15NO3.C9H10FN.C5H14N2.C2H6/c1-10(17)9-15(6-7-16)12-3-4-13-11(8-12)2-5-14(13)18;1-11-5-7-3-2-4-9(10)8(7)6-11;1-3-7-5-4-6-2;1-2/h3-4,7-8H,2,5-6,9H2,1H3;2-4H,5-6H2,1H3;6-7H,3-5H2,1-2H3;1-2H3. The fourth-order valence-electron chi connectivity index (χ4n) is 4.19. The van der Waals surface area contributed by atoms with E-state index in [9.17, 15) is 18.8 Å². The van der Waals surface area contributed by atoms with E-state index in [1.54, 1.807) is 23.1 Å². The lowest BCUT2D eigenvalue weighted by atomic mass is 10.1. The molecule has 2 aromatic rings. The Morgan fingerprint density at radius 1 is 1.11 bits per heavy atom. The van der Waals surface area contributed by atoms with E-state index >= 15 is 0 Å². The highest BCUT2D eigenvalue weighted by Crippen LogP contribution is 2.27. The number of hydrogen-bond donors (Lipinski definition) is 2. The Bertz CT molecular complexity index is 1020. The second kappa shape index (κ2) is 18.3. The molecule has 38 heavy (non-hydrogen) atoms. The molecule has 0 aromatic heterocycles. The Morgan fingerprint density at radius 3 is 2.45 bits per heavy atom. The van der Waals surface area contributed by atoms with Gasteiger partial charge in [-0.3, -0.25) is 14.5 Å². The van der Waals surface area contributed by atoms with E-state index in [1.807, 2.05) is 40.1 Å². The number of carbonyl (C=O) groups excluding carboxylic acids is 3. The average molecular weight is 529 g/mol. The van der Waals surface area contributed by atoms with Crippen LogP contribution in [0.1, 0.15) is 61.2 Å². The molecule has 0 saturated carbocycles. The number of carbonyl (C=O) groups is 3. The van der Waals surface area contributed by atoms with E-state index in [1.165, 1.54) is 13.0 Å². The van der Waals surface area contributed by atoms with Crippen LogP contribution < -0.4 is 15.5 Å². The Hall–Kier alpha value is -2.94. The fourth-order valence-corrected chi connectivity index (χ4v) is 4.19. The monoisotopic (exact) mass is 528 g/mol. The van der Waals surface area contributed by atoms with Crippen molar-refractivity contribution in [1.82, 2.24) is 15.5 Å². The molecule has 0 amide bonds. The van der Waals surface area contributed by atoms with Gasteiger partial charge < -0.3 is 20.3 Å². The third-order valence-corrected chi connectivity index (χ3v) is 5.97. The molecule has 1 aliphatic heterocycles. The lowest BCUT2D eigenvalue weighted by Crippen LogP contribution is -2.30. The maximum atomic E-state index is 13.0. The molecular weight excluding hydrogens is 483 g/mol. The van der Waals surface area contributed by atoms with Crippen LogP contribution in [0.3, 0.4) is 0 Å². The average Bonchev–Trinajstić information content (AvgIpc) is 3.48. The summed E-state index contributed by atoms with van der Waals surface area (Å²) in [4.78, 5) is 37.2. The summed E-state index contributed by atoms with van der Waals surface area (Å²) in [6.45, 7) is 12.8. The Morgan fingerprint density at radius 2 is 1.84 bits per heavy atom. The zero-order valence-electron chi connectivity index (χ0n) is 23.9. The molecule has 0 bridgehead atoms. The van der Waals surface area contributed by atoms with E-state index in [0.29, 0.717) is 6.42 Å². The van der Waals surface area contributed by atoms with Gasteiger partial charge in [0.25, 0.3) is 0 Å². The van der Waals surface area contributed by atoms with Gasteiger partial charge in [0, 0.05) is 49.4 Å². The second-order valence-electron chi connectivity index (χ2n) is 9.02. The molecule has 0 unspecified atom stereocenters. The van der Waals surface area contributed by atoms with Crippen molar-refractivity contribution in [3.05, 3.63) is 64.5 Å². The van der Waals surface area contributed by atoms with Crippen LogP contribution in [0.25, 0.3) is 0 Å². The lowest BCUT2D eigenvalue weighted by Gasteiger charge is -2.21. The number of nitrogens with zero attached hydrogens (tertiary/aromatic N) is 2. The molecule has 0 atom stereocenters. The molecule has 210 valence electrons. The van der Waals surface area contributed by atoms with Gasteiger partial charge in [-0.25, -0.2) is 4.39 Å². The highest BCUT2D eigenvalue weighted by Gasteiger charge is 2.21. The van der Waals surface area contributed by atoms with E-state index in [4.69, 9.17) is 0 Å². The minimum atomic E-state index is -0.0631. The van der Waals surface area contributed by atoms with Crippen LogP contribution >= 0.6 is 0 Å². The first-order valence-corrected chi connectivity index (χ1v) is 13.4. The number of halogens is 1. The molecular formula is C30H45FN4O3. The lowest BCUT2D eigenvalue weighted by molar-refractivity contribution is -0.115. The van der Waals surface area contributed by atoms with Gasteiger partial charge in [-0.1, -0.05) is 32.9 Å². The van der Waals surface area contributed by atoms with Crippen LogP contribution in [0.5, 0.6) is 0 Å². The third-order valence-electron chi connectivity index (χ3n) is 5.97. The van der Waals surface area contributed by atoms with E-state index in [0.717, 1.165) is 73.4 Å². The summed E-state index contributed by atoms with van der Waals surface area (Å²) in [5.74, 6) is 0.116. The van der Waals surface area contributed by atoms with E-state index in [-0.39, 0.29) is 30.5 Å². The Labute approximate surface area is 227 Å². The van der Waals surface area contributed by atoms with Gasteiger partial charge in [-0.15, -0.1) is 0 Å². The smallest absolute Gasteiger partial charge is 0.163 e. The predicted molar refractivity (Wildman–Crippen MR) is 153 cm³/mol. The zero-order chi connectivity index (χ0) is 28.5. The summed E-state index contributed by atoms with van der Waals surface area (Å²) < 4.78 is 13.0. The van der Waals surface area contributed by atoms with Crippen LogP contribution in [-0.2, 0) is 29.1 Å². The van der Waals surface area contributed by atoms with Crippen molar-refractivity contribution in [3.8, 4) is 0 Å². The largest absolute Gasteiger partial charge is 0.357 e. The highest BCUT2D eigenvalue weighted by molar-refractivity contribution is 6.00. The van der Waals surface area contributed by atoms with Gasteiger partial charge in [-0.2, -0.15) is 0 Å². The number of aldehydes is 1. The first-order valence-electron chi connectivity index (χ1n) is 13.4. The summed E-state index contributed by atoms with van der Waals surface area (Å²) in [6, 6.07) is 10.8. The van der Waals surface area contributed by atoms with E-state index in [2.05, 4.69) is 22.5 Å². The molecule has 0 radical (unpaired) electrons. The maximum absolute atomic E-state index is 13.0. The van der Waals surface area contributed by atoms with Gasteiger partial charge >= 0.3 is 0 Å². The first-order chi connectivity index (χ1) is 18.3. The number of Topliss-reactive ketones (excluding diaryl/α,β-unsaturated/α-hetero) is 2. The SMILES string of the molecule is CC.CC(=O)CN(CC=O)c1ccc2c(c1)CCC2=O.CCNCCNC.CN1Cc2cccc(F)c2C1. The summed E-state index contributed by atoms with van der Waals surface area (Å²) in [5.41, 5.74) is 4.61. The molecule has 0 saturated heterocycles. The molecule has 1 heterocycles. The van der Waals surface area contributed by atoms with Crippen molar-refractivity contribution in [1.29, 1.82) is 0 Å². The van der Waals surface area contributed by atoms with Crippen LogP contribution in [0.2, 0.25) is 0 Å². The van der Waals surface area contributed by atoms with Gasteiger partial charge in [-0.05, 0) is 69.4 Å². The topological polar surface area (TPSA) is 81.8 Å². The molecule has 0 spiro atoms. The maximum Gasteiger partial charge on any atom is 0.163 e. The molecule has 2 aromatic carbocycles. The van der Waals surface area contributed by atoms with E-state index < -0.39 is 0 Å². The van der Waals surface area contributed by atoms with Crippen molar-refractivity contribution in [2.75, 3.05) is 51.7 Å². The Balaban J connectivity index is 0.000000307. The highest BCUT2D eigenvalue weighted by atomic mass is 19.1. The van der Waals surface area contributed by atoms with Crippen molar-refractivity contribution in [3.63, 3.8) is 0 Å². The zero-order valence-corrected chi connectivity index (χ0v) is 23.9. The predicted octanol–water partition coefficient (Wildman–Crippen LogP) is 4.02. The molecule has 2 N–H and O–H groups in total.